The van der Waals surface area contributed by atoms with E-state index in [0.717, 1.165) is 29.8 Å². The standard InChI is InChI=1S/C24H25Cl2NO3/c1-28-22-11-4-3-7-17(22)13-14-27-15-18-8-5-12-23(29-2)24(18)30-16-19-20(25)9-6-10-21(19)26/h3-12,27H,13-16H2,1-2H3. The lowest BCUT2D eigenvalue weighted by molar-refractivity contribution is 0.281. The molecule has 0 aliphatic heterocycles. The molecule has 0 unspecified atom stereocenters. The van der Waals surface area contributed by atoms with Gasteiger partial charge < -0.3 is 19.5 Å². The van der Waals surface area contributed by atoms with E-state index >= 15 is 0 Å². The summed E-state index contributed by atoms with van der Waals surface area (Å²) in [5, 5.41) is 4.63. The van der Waals surface area contributed by atoms with Crippen LogP contribution in [0.2, 0.25) is 10.0 Å². The lowest BCUT2D eigenvalue weighted by Gasteiger charge is -2.17. The Morgan fingerprint density at radius 2 is 1.40 bits per heavy atom. The molecule has 0 saturated heterocycles. The lowest BCUT2D eigenvalue weighted by Crippen LogP contribution is -2.18. The van der Waals surface area contributed by atoms with E-state index in [0.29, 0.717) is 28.1 Å². The van der Waals surface area contributed by atoms with E-state index in [1.165, 1.54) is 5.56 Å². The maximum atomic E-state index is 6.28. The predicted molar refractivity (Wildman–Crippen MR) is 122 cm³/mol. The van der Waals surface area contributed by atoms with Gasteiger partial charge in [0.15, 0.2) is 11.5 Å². The molecule has 0 heterocycles. The van der Waals surface area contributed by atoms with Crippen molar-refractivity contribution in [2.75, 3.05) is 20.8 Å². The van der Waals surface area contributed by atoms with Gasteiger partial charge in [0.05, 0.1) is 14.2 Å². The molecule has 0 bridgehead atoms. The minimum absolute atomic E-state index is 0.257. The van der Waals surface area contributed by atoms with Crippen LogP contribution in [0.4, 0.5) is 0 Å². The summed E-state index contributed by atoms with van der Waals surface area (Å²) in [5.41, 5.74) is 2.92. The van der Waals surface area contributed by atoms with Crippen molar-refractivity contribution >= 4 is 23.2 Å². The van der Waals surface area contributed by atoms with E-state index in [9.17, 15) is 0 Å². The third-order valence-corrected chi connectivity index (χ3v) is 5.49. The number of rotatable bonds is 10. The van der Waals surface area contributed by atoms with Gasteiger partial charge in [-0.15, -0.1) is 0 Å². The molecule has 0 saturated carbocycles. The second kappa shape index (κ2) is 11.1. The van der Waals surface area contributed by atoms with Crippen molar-refractivity contribution in [1.82, 2.24) is 5.32 Å². The maximum Gasteiger partial charge on any atom is 0.166 e. The topological polar surface area (TPSA) is 39.7 Å². The van der Waals surface area contributed by atoms with Crippen LogP contribution in [0.5, 0.6) is 17.2 Å². The Labute approximate surface area is 187 Å². The summed E-state index contributed by atoms with van der Waals surface area (Å²) in [5.74, 6) is 2.25. The highest BCUT2D eigenvalue weighted by molar-refractivity contribution is 6.35. The minimum atomic E-state index is 0.257. The number of halogens is 2. The first kappa shape index (κ1) is 22.3. The van der Waals surface area contributed by atoms with Crippen LogP contribution < -0.4 is 19.5 Å². The molecule has 30 heavy (non-hydrogen) atoms. The maximum absolute atomic E-state index is 6.28. The Hall–Kier alpha value is -2.40. The summed E-state index contributed by atoms with van der Waals surface area (Å²) in [6.45, 7) is 1.69. The molecule has 3 aromatic rings. The highest BCUT2D eigenvalue weighted by Gasteiger charge is 2.13. The van der Waals surface area contributed by atoms with E-state index in [1.54, 1.807) is 26.4 Å². The average Bonchev–Trinajstić information content (AvgIpc) is 2.77. The van der Waals surface area contributed by atoms with Gasteiger partial charge in [0, 0.05) is 27.7 Å². The van der Waals surface area contributed by atoms with Crippen LogP contribution in [0.25, 0.3) is 0 Å². The number of ether oxygens (including phenoxy) is 3. The van der Waals surface area contributed by atoms with Crippen LogP contribution in [0, 0.1) is 0 Å². The molecule has 0 aliphatic carbocycles. The Morgan fingerprint density at radius 1 is 0.767 bits per heavy atom. The molecule has 1 N–H and O–H groups in total. The van der Waals surface area contributed by atoms with E-state index in [4.69, 9.17) is 37.4 Å². The minimum Gasteiger partial charge on any atom is -0.496 e. The molecule has 3 rings (SSSR count). The van der Waals surface area contributed by atoms with E-state index in [2.05, 4.69) is 11.4 Å². The molecule has 3 aromatic carbocycles. The van der Waals surface area contributed by atoms with Crippen LogP contribution in [0.1, 0.15) is 16.7 Å². The van der Waals surface area contributed by atoms with Gasteiger partial charge in [-0.1, -0.05) is 59.6 Å². The first-order chi connectivity index (χ1) is 14.6. The van der Waals surface area contributed by atoms with Crippen LogP contribution in [0.15, 0.2) is 60.7 Å². The molecule has 0 aliphatic rings. The van der Waals surface area contributed by atoms with Crippen molar-refractivity contribution in [3.63, 3.8) is 0 Å². The van der Waals surface area contributed by atoms with Crippen molar-refractivity contribution in [2.24, 2.45) is 0 Å². The largest absolute Gasteiger partial charge is 0.496 e. The first-order valence-electron chi connectivity index (χ1n) is 9.68. The van der Waals surface area contributed by atoms with Crippen LogP contribution in [-0.2, 0) is 19.6 Å². The van der Waals surface area contributed by atoms with Gasteiger partial charge in [0.25, 0.3) is 0 Å². The zero-order chi connectivity index (χ0) is 21.3. The first-order valence-corrected chi connectivity index (χ1v) is 10.4. The molecular formula is C24H25Cl2NO3. The van der Waals surface area contributed by atoms with Gasteiger partial charge in [0.1, 0.15) is 12.4 Å². The molecule has 0 spiro atoms. The van der Waals surface area contributed by atoms with Gasteiger partial charge >= 0.3 is 0 Å². The fraction of sp³-hybridized carbons (Fsp3) is 0.250. The SMILES string of the molecule is COc1ccccc1CCNCc1cccc(OC)c1OCc1c(Cl)cccc1Cl. The van der Waals surface area contributed by atoms with E-state index in [-0.39, 0.29) is 6.61 Å². The smallest absolute Gasteiger partial charge is 0.166 e. The van der Waals surface area contributed by atoms with Gasteiger partial charge in [-0.25, -0.2) is 0 Å². The number of methoxy groups -OCH3 is 2. The highest BCUT2D eigenvalue weighted by atomic mass is 35.5. The van der Waals surface area contributed by atoms with E-state index < -0.39 is 0 Å². The zero-order valence-electron chi connectivity index (χ0n) is 17.1. The molecule has 0 atom stereocenters. The lowest BCUT2D eigenvalue weighted by atomic mass is 10.1. The molecular weight excluding hydrogens is 421 g/mol. The molecule has 0 amide bonds. The molecule has 0 aromatic heterocycles. The Morgan fingerprint density at radius 3 is 2.13 bits per heavy atom. The molecule has 0 radical (unpaired) electrons. The Bertz CT molecular complexity index is 958. The number of benzene rings is 3. The van der Waals surface area contributed by atoms with Crippen molar-refractivity contribution in [3.8, 4) is 17.2 Å². The van der Waals surface area contributed by atoms with Gasteiger partial charge in [0.2, 0.25) is 0 Å². The summed E-state index contributed by atoms with van der Waals surface area (Å²) >= 11 is 12.6. The highest BCUT2D eigenvalue weighted by Crippen LogP contribution is 2.33. The van der Waals surface area contributed by atoms with Gasteiger partial charge in [-0.05, 0) is 42.8 Å². The monoisotopic (exact) mass is 445 g/mol. The third-order valence-electron chi connectivity index (χ3n) is 4.78. The number of nitrogens with one attached hydrogen (secondary N) is 1. The summed E-state index contributed by atoms with van der Waals surface area (Å²) in [4.78, 5) is 0. The number of hydrogen-bond donors (Lipinski definition) is 1. The molecule has 6 heteroatoms. The molecule has 158 valence electrons. The Balaban J connectivity index is 1.66. The summed E-state index contributed by atoms with van der Waals surface area (Å²) in [6, 6.07) is 19.3. The number of para-hydroxylation sites is 2. The third kappa shape index (κ3) is 5.60. The fourth-order valence-corrected chi connectivity index (χ4v) is 3.70. The second-order valence-corrected chi connectivity index (χ2v) is 7.49. The molecule has 0 fully saturated rings. The summed E-state index contributed by atoms with van der Waals surface area (Å²) in [6.07, 6.45) is 0.861. The number of hydrogen-bond acceptors (Lipinski definition) is 4. The van der Waals surface area contributed by atoms with Crippen molar-refractivity contribution in [2.45, 2.75) is 19.6 Å². The molecule has 4 nitrogen and oxygen atoms in total. The average molecular weight is 446 g/mol. The predicted octanol–water partition coefficient (Wildman–Crippen LogP) is 5.92. The Kier molecular flexibility index (Phi) is 8.26. The quantitative estimate of drug-likeness (QED) is 0.393. The zero-order valence-corrected chi connectivity index (χ0v) is 18.6. The fourth-order valence-electron chi connectivity index (χ4n) is 3.20. The normalized spacial score (nSPS) is 10.7. The van der Waals surface area contributed by atoms with Crippen molar-refractivity contribution in [3.05, 3.63) is 87.4 Å². The van der Waals surface area contributed by atoms with Crippen molar-refractivity contribution in [1.29, 1.82) is 0 Å². The van der Waals surface area contributed by atoms with Crippen molar-refractivity contribution < 1.29 is 14.2 Å². The van der Waals surface area contributed by atoms with E-state index in [1.807, 2.05) is 42.5 Å². The second-order valence-electron chi connectivity index (χ2n) is 6.68. The van der Waals surface area contributed by atoms with Crippen LogP contribution in [0.3, 0.4) is 0 Å². The van der Waals surface area contributed by atoms with Crippen LogP contribution in [-0.4, -0.2) is 20.8 Å². The van der Waals surface area contributed by atoms with Gasteiger partial charge in [-0.2, -0.15) is 0 Å². The summed E-state index contributed by atoms with van der Waals surface area (Å²) < 4.78 is 17.0. The summed E-state index contributed by atoms with van der Waals surface area (Å²) in [7, 11) is 3.32. The van der Waals surface area contributed by atoms with Gasteiger partial charge in [-0.3, -0.25) is 0 Å². The van der Waals surface area contributed by atoms with Crippen LogP contribution >= 0.6 is 23.2 Å².